The average Bonchev–Trinajstić information content (AvgIpc) is 3.52. The van der Waals surface area contributed by atoms with Crippen LogP contribution in [0.2, 0.25) is 0 Å². The predicted octanol–water partition coefficient (Wildman–Crippen LogP) is 3.04. The summed E-state index contributed by atoms with van der Waals surface area (Å²) < 4.78 is 28.7. The fourth-order valence-electron chi connectivity index (χ4n) is 4.55. The van der Waals surface area contributed by atoms with Gasteiger partial charge in [0.15, 0.2) is 0 Å². The number of carbonyl (C=O) groups excluding carboxylic acids is 1. The van der Waals surface area contributed by atoms with Crippen LogP contribution in [-0.2, 0) is 27.8 Å². The highest BCUT2D eigenvalue weighted by atomic mass is 32.2. The van der Waals surface area contributed by atoms with Crippen molar-refractivity contribution >= 4 is 33.0 Å². The summed E-state index contributed by atoms with van der Waals surface area (Å²) in [6.45, 7) is 3.45. The summed E-state index contributed by atoms with van der Waals surface area (Å²) in [5.74, 6) is -0.245. The van der Waals surface area contributed by atoms with Gasteiger partial charge in [0.2, 0.25) is 15.9 Å². The van der Waals surface area contributed by atoms with Crippen LogP contribution in [0.4, 0.5) is 5.69 Å². The van der Waals surface area contributed by atoms with Gasteiger partial charge in [-0.1, -0.05) is 0 Å². The first kappa shape index (κ1) is 22.9. The highest BCUT2D eigenvalue weighted by Gasteiger charge is 2.30. The van der Waals surface area contributed by atoms with Gasteiger partial charge in [-0.2, -0.15) is 9.40 Å². The zero-order chi connectivity index (χ0) is 23.9. The fraction of sp³-hybridized carbons (Fsp3) is 0.375. The Kier molecular flexibility index (Phi) is 6.13. The molecule has 0 atom stereocenters. The van der Waals surface area contributed by atoms with Crippen molar-refractivity contribution in [3.8, 4) is 10.6 Å². The SMILES string of the molecule is Cc1ccc(-c2ccc(=O)n(CC(=O)N3CCCc4cc(S(=O)(=O)N5CCCC5)ccc43)n2)s1. The third-order valence-corrected chi connectivity index (χ3v) is 9.24. The van der Waals surface area contributed by atoms with Crippen LogP contribution >= 0.6 is 11.3 Å². The molecule has 0 aliphatic carbocycles. The standard InChI is InChI=1S/C24H26N4O4S2/c1-17-6-10-22(33-17)20-8-11-23(29)28(25-20)16-24(30)27-14-4-5-18-15-19(7-9-21(18)27)34(31,32)26-12-2-3-13-26/h6-11,15H,2-5,12-14,16H2,1H3. The van der Waals surface area contributed by atoms with Crippen LogP contribution in [0.1, 0.15) is 29.7 Å². The number of nitrogens with zero attached hydrogens (tertiary/aromatic N) is 4. The molecule has 0 spiro atoms. The number of anilines is 1. The minimum atomic E-state index is -3.52. The Morgan fingerprint density at radius 3 is 2.56 bits per heavy atom. The van der Waals surface area contributed by atoms with Gasteiger partial charge in [-0.3, -0.25) is 9.59 Å². The average molecular weight is 499 g/mol. The summed E-state index contributed by atoms with van der Waals surface area (Å²) in [6, 6.07) is 12.1. The summed E-state index contributed by atoms with van der Waals surface area (Å²) >= 11 is 1.58. The lowest BCUT2D eigenvalue weighted by molar-refractivity contribution is -0.119. The van der Waals surface area contributed by atoms with Gasteiger partial charge in [0.05, 0.1) is 9.77 Å². The molecule has 0 saturated carbocycles. The monoisotopic (exact) mass is 498 g/mol. The molecule has 1 amide bonds. The first-order chi connectivity index (χ1) is 16.3. The Labute approximate surface area is 202 Å². The third-order valence-electron chi connectivity index (χ3n) is 6.32. The van der Waals surface area contributed by atoms with Crippen LogP contribution < -0.4 is 10.5 Å². The van der Waals surface area contributed by atoms with E-state index in [1.807, 2.05) is 19.1 Å². The molecule has 0 N–H and O–H groups in total. The van der Waals surface area contributed by atoms with Crippen molar-refractivity contribution in [2.75, 3.05) is 24.5 Å². The predicted molar refractivity (Wildman–Crippen MR) is 132 cm³/mol. The largest absolute Gasteiger partial charge is 0.311 e. The van der Waals surface area contributed by atoms with Crippen molar-refractivity contribution in [1.82, 2.24) is 14.1 Å². The number of aromatic nitrogens is 2. The molecule has 178 valence electrons. The fourth-order valence-corrected chi connectivity index (χ4v) is 6.95. The normalized spacial score (nSPS) is 16.6. The van der Waals surface area contributed by atoms with Crippen LogP contribution in [-0.4, -0.2) is 48.0 Å². The lowest BCUT2D eigenvalue weighted by Gasteiger charge is -2.30. The van der Waals surface area contributed by atoms with Crippen molar-refractivity contribution < 1.29 is 13.2 Å². The van der Waals surface area contributed by atoms with Gasteiger partial charge in [-0.05, 0) is 74.6 Å². The minimum absolute atomic E-state index is 0.176. The maximum Gasteiger partial charge on any atom is 0.267 e. The molecule has 4 heterocycles. The van der Waals surface area contributed by atoms with Crippen molar-refractivity contribution in [1.29, 1.82) is 0 Å². The maximum atomic E-state index is 13.2. The molecule has 1 fully saturated rings. The summed E-state index contributed by atoms with van der Waals surface area (Å²) in [7, 11) is -3.52. The van der Waals surface area contributed by atoms with Gasteiger partial charge in [-0.15, -0.1) is 11.3 Å². The third kappa shape index (κ3) is 4.33. The Morgan fingerprint density at radius 2 is 1.82 bits per heavy atom. The Morgan fingerprint density at radius 1 is 1.03 bits per heavy atom. The van der Waals surface area contributed by atoms with Gasteiger partial charge in [0, 0.05) is 36.3 Å². The first-order valence-electron chi connectivity index (χ1n) is 11.4. The molecular formula is C24H26N4O4S2. The smallest absolute Gasteiger partial charge is 0.267 e. The molecule has 10 heteroatoms. The number of benzene rings is 1. The molecule has 2 aromatic heterocycles. The highest BCUT2D eigenvalue weighted by Crippen LogP contribution is 2.31. The second-order valence-corrected chi connectivity index (χ2v) is 11.9. The van der Waals surface area contributed by atoms with Crippen molar-refractivity contribution in [3.63, 3.8) is 0 Å². The maximum absolute atomic E-state index is 13.2. The number of carbonyl (C=O) groups is 1. The molecule has 0 unspecified atom stereocenters. The molecular weight excluding hydrogens is 472 g/mol. The van der Waals surface area contributed by atoms with Crippen LogP contribution in [0.3, 0.4) is 0 Å². The van der Waals surface area contributed by atoms with Gasteiger partial charge < -0.3 is 4.90 Å². The van der Waals surface area contributed by atoms with E-state index in [0.717, 1.165) is 34.6 Å². The van der Waals surface area contributed by atoms with Crippen LogP contribution in [0.25, 0.3) is 10.6 Å². The quantitative estimate of drug-likeness (QED) is 0.539. The Bertz CT molecular complexity index is 1400. The number of rotatable bonds is 5. The molecule has 34 heavy (non-hydrogen) atoms. The zero-order valence-electron chi connectivity index (χ0n) is 18.9. The zero-order valence-corrected chi connectivity index (χ0v) is 20.6. The minimum Gasteiger partial charge on any atom is -0.311 e. The number of sulfonamides is 1. The number of amides is 1. The van der Waals surface area contributed by atoms with Gasteiger partial charge in [-0.25, -0.2) is 13.1 Å². The molecule has 5 rings (SSSR count). The number of fused-ring (bicyclic) bond motifs is 1. The van der Waals surface area contributed by atoms with Crippen molar-refractivity contribution in [2.24, 2.45) is 0 Å². The highest BCUT2D eigenvalue weighted by molar-refractivity contribution is 7.89. The van der Waals surface area contributed by atoms with E-state index < -0.39 is 10.0 Å². The Balaban J connectivity index is 1.40. The van der Waals surface area contributed by atoms with Crippen LogP contribution in [0.15, 0.2) is 52.2 Å². The molecule has 1 saturated heterocycles. The summed E-state index contributed by atoms with van der Waals surface area (Å²) in [4.78, 5) is 29.6. The van der Waals surface area contributed by atoms with E-state index in [9.17, 15) is 18.0 Å². The van der Waals surface area contributed by atoms with E-state index in [0.29, 0.717) is 37.4 Å². The number of thiophene rings is 1. The first-order valence-corrected chi connectivity index (χ1v) is 13.7. The molecule has 0 radical (unpaired) electrons. The van der Waals surface area contributed by atoms with E-state index in [1.165, 1.54) is 15.1 Å². The number of hydrogen-bond donors (Lipinski definition) is 0. The number of aryl methyl sites for hydroxylation is 2. The van der Waals surface area contributed by atoms with E-state index in [4.69, 9.17) is 0 Å². The lowest BCUT2D eigenvalue weighted by Crippen LogP contribution is -2.40. The van der Waals surface area contributed by atoms with Crippen molar-refractivity contribution in [3.05, 3.63) is 63.3 Å². The molecule has 1 aromatic carbocycles. The summed E-state index contributed by atoms with van der Waals surface area (Å²) in [6.07, 6.45) is 3.19. The van der Waals surface area contributed by atoms with E-state index in [2.05, 4.69) is 5.10 Å². The molecule has 2 aliphatic heterocycles. The lowest BCUT2D eigenvalue weighted by atomic mass is 10.0. The summed E-state index contributed by atoms with van der Waals surface area (Å²) in [5.41, 5.74) is 1.86. The topological polar surface area (TPSA) is 92.6 Å². The molecule has 2 aliphatic rings. The van der Waals surface area contributed by atoms with Gasteiger partial charge in [0.1, 0.15) is 12.2 Å². The van der Waals surface area contributed by atoms with Gasteiger partial charge in [0.25, 0.3) is 5.56 Å². The molecule has 3 aromatic rings. The van der Waals surface area contributed by atoms with E-state index in [1.54, 1.807) is 40.5 Å². The Hall–Kier alpha value is -2.82. The van der Waals surface area contributed by atoms with Gasteiger partial charge >= 0.3 is 0 Å². The van der Waals surface area contributed by atoms with E-state index in [-0.39, 0.29) is 22.9 Å². The van der Waals surface area contributed by atoms with Crippen molar-refractivity contribution in [2.45, 2.75) is 44.0 Å². The number of hydrogen-bond acceptors (Lipinski definition) is 6. The molecule has 0 bridgehead atoms. The van der Waals surface area contributed by atoms with Crippen LogP contribution in [0, 0.1) is 6.92 Å². The summed E-state index contributed by atoms with van der Waals surface area (Å²) in [5, 5.41) is 4.42. The second kappa shape index (κ2) is 9.09. The second-order valence-electron chi connectivity index (χ2n) is 8.68. The van der Waals surface area contributed by atoms with Crippen LogP contribution in [0.5, 0.6) is 0 Å². The molecule has 8 nitrogen and oxygen atoms in total. The van der Waals surface area contributed by atoms with E-state index >= 15 is 0 Å².